The van der Waals surface area contributed by atoms with Gasteiger partial charge in [0.05, 0.1) is 23.6 Å². The molecule has 18 heavy (non-hydrogen) atoms. The Bertz CT molecular complexity index is 548. The molecule has 0 bridgehead atoms. The van der Waals surface area contributed by atoms with Crippen molar-refractivity contribution in [2.75, 3.05) is 5.32 Å². The van der Waals surface area contributed by atoms with Gasteiger partial charge in [-0.15, -0.1) is 0 Å². The van der Waals surface area contributed by atoms with Gasteiger partial charge in [0.15, 0.2) is 5.15 Å². The van der Waals surface area contributed by atoms with Gasteiger partial charge < -0.3 is 5.32 Å². The van der Waals surface area contributed by atoms with Gasteiger partial charge in [0.25, 0.3) is 0 Å². The highest BCUT2D eigenvalue weighted by Crippen LogP contribution is 2.26. The van der Waals surface area contributed by atoms with Crippen LogP contribution in [0.15, 0.2) is 35.1 Å². The van der Waals surface area contributed by atoms with E-state index in [0.717, 1.165) is 10.2 Å². The molecule has 2 heterocycles. The first-order valence-corrected chi connectivity index (χ1v) is 6.42. The van der Waals surface area contributed by atoms with Crippen LogP contribution in [0.3, 0.4) is 0 Å². The van der Waals surface area contributed by atoms with Crippen molar-refractivity contribution in [3.8, 4) is 0 Å². The van der Waals surface area contributed by atoms with Crippen LogP contribution in [-0.2, 0) is 0 Å². The van der Waals surface area contributed by atoms with Crippen molar-refractivity contribution in [2.24, 2.45) is 0 Å². The molecule has 0 aliphatic rings. The van der Waals surface area contributed by atoms with Crippen LogP contribution in [-0.4, -0.2) is 9.97 Å². The maximum Gasteiger partial charge on any atom is 0.152 e. The number of nitrogens with zero attached hydrogens (tertiary/aromatic N) is 2. The third kappa shape index (κ3) is 3.17. The predicted molar refractivity (Wildman–Crippen MR) is 73.2 cm³/mol. The van der Waals surface area contributed by atoms with E-state index >= 15 is 0 Å². The molecule has 0 aromatic carbocycles. The van der Waals surface area contributed by atoms with Crippen molar-refractivity contribution in [3.63, 3.8) is 0 Å². The molecule has 0 radical (unpaired) electrons. The van der Waals surface area contributed by atoms with Gasteiger partial charge in [-0.1, -0.05) is 11.6 Å². The molecule has 2 aromatic heterocycles. The summed E-state index contributed by atoms with van der Waals surface area (Å²) in [5.41, 5.74) is 1.43. The lowest BCUT2D eigenvalue weighted by Crippen LogP contribution is -2.09. The second-order valence-electron chi connectivity index (χ2n) is 3.76. The van der Waals surface area contributed by atoms with Crippen molar-refractivity contribution in [3.05, 3.63) is 51.7 Å². The van der Waals surface area contributed by atoms with Gasteiger partial charge >= 0.3 is 0 Å². The van der Waals surface area contributed by atoms with E-state index in [2.05, 4.69) is 31.2 Å². The van der Waals surface area contributed by atoms with Crippen LogP contribution in [0, 0.1) is 5.82 Å². The van der Waals surface area contributed by atoms with E-state index < -0.39 is 0 Å². The summed E-state index contributed by atoms with van der Waals surface area (Å²) in [5, 5.41) is 3.56. The highest BCUT2D eigenvalue weighted by atomic mass is 79.9. The Morgan fingerprint density at radius 2 is 2.11 bits per heavy atom. The quantitative estimate of drug-likeness (QED) is 0.857. The average Bonchev–Trinajstić information content (AvgIpc) is 2.34. The number of nitrogens with one attached hydrogen (secondary N) is 1. The van der Waals surface area contributed by atoms with Crippen LogP contribution in [0.1, 0.15) is 18.7 Å². The first-order chi connectivity index (χ1) is 8.56. The van der Waals surface area contributed by atoms with Crippen molar-refractivity contribution in [2.45, 2.75) is 13.0 Å². The molecule has 0 aliphatic heterocycles. The lowest BCUT2D eigenvalue weighted by Gasteiger charge is -2.15. The van der Waals surface area contributed by atoms with E-state index in [9.17, 15) is 4.39 Å². The smallest absolute Gasteiger partial charge is 0.152 e. The summed E-state index contributed by atoms with van der Waals surface area (Å²) in [6.07, 6.45) is 2.81. The molecular formula is C12H10BrClFN3. The summed E-state index contributed by atoms with van der Waals surface area (Å²) in [5.74, 6) is -0.354. The number of rotatable bonds is 3. The summed E-state index contributed by atoms with van der Waals surface area (Å²) < 4.78 is 13.6. The summed E-state index contributed by atoms with van der Waals surface area (Å²) in [4.78, 5) is 8.03. The first kappa shape index (κ1) is 13.2. The Hall–Kier alpha value is -1.20. The number of pyridine rings is 2. The zero-order valence-electron chi connectivity index (χ0n) is 9.49. The molecule has 2 rings (SSSR count). The fourth-order valence-electron chi connectivity index (χ4n) is 1.47. The van der Waals surface area contributed by atoms with Gasteiger partial charge in [-0.2, -0.15) is 0 Å². The molecule has 6 heteroatoms. The summed E-state index contributed by atoms with van der Waals surface area (Å²) in [6.45, 7) is 1.91. The maximum absolute atomic E-state index is 12.8. The normalized spacial score (nSPS) is 12.2. The molecule has 0 aliphatic carbocycles. The van der Waals surface area contributed by atoms with Crippen molar-refractivity contribution < 1.29 is 4.39 Å². The van der Waals surface area contributed by atoms with Gasteiger partial charge in [0.1, 0.15) is 5.82 Å². The van der Waals surface area contributed by atoms with E-state index in [0.29, 0.717) is 10.8 Å². The average molecular weight is 331 g/mol. The Balaban J connectivity index is 2.18. The van der Waals surface area contributed by atoms with E-state index in [1.165, 1.54) is 12.3 Å². The number of hydrogen-bond donors (Lipinski definition) is 1. The minimum atomic E-state index is -0.354. The molecule has 0 spiro atoms. The van der Waals surface area contributed by atoms with Crippen molar-refractivity contribution in [1.29, 1.82) is 0 Å². The molecule has 0 saturated carbocycles. The van der Waals surface area contributed by atoms with E-state index in [4.69, 9.17) is 11.6 Å². The van der Waals surface area contributed by atoms with Gasteiger partial charge in [-0.3, -0.25) is 4.98 Å². The maximum atomic E-state index is 12.8. The van der Waals surface area contributed by atoms with Crippen LogP contribution in [0.4, 0.5) is 10.1 Å². The summed E-state index contributed by atoms with van der Waals surface area (Å²) in [7, 11) is 0. The fraction of sp³-hybridized carbons (Fsp3) is 0.167. The van der Waals surface area contributed by atoms with Gasteiger partial charge in [0, 0.05) is 10.7 Å². The minimum Gasteiger partial charge on any atom is -0.374 e. The molecule has 0 saturated heterocycles. The second-order valence-corrected chi connectivity index (χ2v) is 5.03. The molecule has 1 atom stereocenters. The van der Waals surface area contributed by atoms with Crippen LogP contribution in [0.25, 0.3) is 0 Å². The molecule has 2 aromatic rings. The molecule has 0 amide bonds. The number of hydrogen-bond acceptors (Lipinski definition) is 3. The largest absolute Gasteiger partial charge is 0.374 e. The highest BCUT2D eigenvalue weighted by molar-refractivity contribution is 9.10. The predicted octanol–water partition coefficient (Wildman–Crippen LogP) is 4.20. The van der Waals surface area contributed by atoms with Crippen LogP contribution in [0.5, 0.6) is 0 Å². The van der Waals surface area contributed by atoms with E-state index in [1.54, 1.807) is 12.3 Å². The van der Waals surface area contributed by atoms with E-state index in [-0.39, 0.29) is 11.9 Å². The first-order valence-electron chi connectivity index (χ1n) is 5.25. The summed E-state index contributed by atoms with van der Waals surface area (Å²) >= 11 is 9.30. The topological polar surface area (TPSA) is 37.8 Å². The molecule has 1 unspecified atom stereocenters. The Labute approximate surface area is 118 Å². The zero-order valence-corrected chi connectivity index (χ0v) is 11.8. The number of aromatic nitrogens is 2. The highest BCUT2D eigenvalue weighted by Gasteiger charge is 2.10. The lowest BCUT2D eigenvalue weighted by molar-refractivity contribution is 0.617. The molecule has 1 N–H and O–H groups in total. The second kappa shape index (κ2) is 5.63. The molecule has 3 nitrogen and oxygen atoms in total. The Morgan fingerprint density at radius 3 is 2.78 bits per heavy atom. The van der Waals surface area contributed by atoms with Crippen LogP contribution in [0.2, 0.25) is 5.15 Å². The molecule has 0 fully saturated rings. The third-order valence-corrected chi connectivity index (χ3v) is 3.11. The van der Waals surface area contributed by atoms with E-state index in [1.807, 2.05) is 13.0 Å². The van der Waals surface area contributed by atoms with Crippen molar-refractivity contribution >= 4 is 33.2 Å². The van der Waals surface area contributed by atoms with Gasteiger partial charge in [0.2, 0.25) is 0 Å². The third-order valence-electron chi connectivity index (χ3n) is 2.37. The minimum absolute atomic E-state index is 0.0980. The van der Waals surface area contributed by atoms with Crippen LogP contribution >= 0.6 is 27.5 Å². The molecule has 94 valence electrons. The monoisotopic (exact) mass is 329 g/mol. The SMILES string of the molecule is CC(Nc1cc(Br)cnc1Cl)c1ccc(F)cn1. The van der Waals surface area contributed by atoms with Gasteiger partial charge in [-0.25, -0.2) is 9.37 Å². The zero-order chi connectivity index (χ0) is 13.1. The summed E-state index contributed by atoms with van der Waals surface area (Å²) in [6, 6.07) is 4.74. The van der Waals surface area contributed by atoms with Gasteiger partial charge in [-0.05, 0) is 41.1 Å². The Kier molecular flexibility index (Phi) is 4.14. The van der Waals surface area contributed by atoms with Crippen molar-refractivity contribution in [1.82, 2.24) is 9.97 Å². The number of halogens is 3. The lowest BCUT2D eigenvalue weighted by atomic mass is 10.2. The van der Waals surface area contributed by atoms with Crippen LogP contribution < -0.4 is 5.32 Å². The Morgan fingerprint density at radius 1 is 1.33 bits per heavy atom. The standard InChI is InChI=1S/C12H10BrClFN3/c1-7(10-3-2-9(15)6-16-10)18-11-4-8(13)5-17-12(11)14/h2-7,18H,1H3. The fourth-order valence-corrected chi connectivity index (χ4v) is 1.96. The number of anilines is 1. The molecular weight excluding hydrogens is 321 g/mol.